The number of carbonyl (C=O) groups excluding carboxylic acids is 1. The van der Waals surface area contributed by atoms with E-state index in [9.17, 15) is 9.18 Å². The summed E-state index contributed by atoms with van der Waals surface area (Å²) in [6.07, 6.45) is 0. The normalized spacial score (nSPS) is 12.1. The van der Waals surface area contributed by atoms with Gasteiger partial charge in [-0.25, -0.2) is 9.18 Å². The standard InChI is InChI=1S/C11H12Cl2FNO2/c1-3-17-11(16)6(2)15-10-8(12)4-7(14)5-9(10)13/h4-6,15H,3H2,1-2H3. The van der Waals surface area contributed by atoms with Gasteiger partial charge in [-0.1, -0.05) is 23.2 Å². The Labute approximate surface area is 109 Å². The molecule has 0 saturated carbocycles. The monoisotopic (exact) mass is 279 g/mol. The summed E-state index contributed by atoms with van der Waals surface area (Å²) in [7, 11) is 0. The van der Waals surface area contributed by atoms with Gasteiger partial charge in [-0.05, 0) is 26.0 Å². The zero-order chi connectivity index (χ0) is 13.0. The number of carbonyl (C=O) groups is 1. The van der Waals surface area contributed by atoms with Gasteiger partial charge in [-0.2, -0.15) is 0 Å². The van der Waals surface area contributed by atoms with Crippen LogP contribution in [-0.2, 0) is 9.53 Å². The van der Waals surface area contributed by atoms with Crippen molar-refractivity contribution in [3.63, 3.8) is 0 Å². The molecule has 0 amide bonds. The SMILES string of the molecule is CCOC(=O)C(C)Nc1c(Cl)cc(F)cc1Cl. The Bertz CT molecular complexity index is 403. The second-order valence-electron chi connectivity index (χ2n) is 3.36. The molecule has 0 radical (unpaired) electrons. The Morgan fingerprint density at radius 1 is 1.47 bits per heavy atom. The lowest BCUT2D eigenvalue weighted by Gasteiger charge is -2.16. The molecule has 0 spiro atoms. The minimum Gasteiger partial charge on any atom is -0.464 e. The van der Waals surface area contributed by atoms with Crippen molar-refractivity contribution in [2.24, 2.45) is 0 Å². The average molecular weight is 280 g/mol. The first kappa shape index (κ1) is 14.1. The van der Waals surface area contributed by atoms with E-state index in [0.29, 0.717) is 5.69 Å². The molecule has 1 N–H and O–H groups in total. The zero-order valence-corrected chi connectivity index (χ0v) is 10.9. The summed E-state index contributed by atoms with van der Waals surface area (Å²) < 4.78 is 17.8. The molecule has 17 heavy (non-hydrogen) atoms. The van der Waals surface area contributed by atoms with Gasteiger partial charge in [0.1, 0.15) is 11.9 Å². The van der Waals surface area contributed by atoms with Crippen molar-refractivity contribution in [2.75, 3.05) is 11.9 Å². The van der Waals surface area contributed by atoms with E-state index in [-0.39, 0.29) is 16.7 Å². The third-order valence-electron chi connectivity index (χ3n) is 2.01. The third kappa shape index (κ3) is 3.75. The van der Waals surface area contributed by atoms with Gasteiger partial charge < -0.3 is 10.1 Å². The van der Waals surface area contributed by atoms with Crippen LogP contribution in [0.3, 0.4) is 0 Å². The summed E-state index contributed by atoms with van der Waals surface area (Å²) in [5.74, 6) is -0.960. The second kappa shape index (κ2) is 6.07. The lowest BCUT2D eigenvalue weighted by molar-refractivity contribution is -0.143. The summed E-state index contributed by atoms with van der Waals surface area (Å²) >= 11 is 11.6. The van der Waals surface area contributed by atoms with E-state index in [1.54, 1.807) is 13.8 Å². The maximum absolute atomic E-state index is 12.9. The molecule has 0 heterocycles. The number of anilines is 1. The highest BCUT2D eigenvalue weighted by molar-refractivity contribution is 6.39. The molecule has 0 saturated heterocycles. The molecule has 1 aromatic rings. The van der Waals surface area contributed by atoms with E-state index in [0.717, 1.165) is 12.1 Å². The van der Waals surface area contributed by atoms with Crippen LogP contribution in [0, 0.1) is 5.82 Å². The third-order valence-corrected chi connectivity index (χ3v) is 2.60. The van der Waals surface area contributed by atoms with Crippen molar-refractivity contribution in [3.05, 3.63) is 28.0 Å². The van der Waals surface area contributed by atoms with Crippen molar-refractivity contribution in [1.29, 1.82) is 0 Å². The Balaban J connectivity index is 2.85. The van der Waals surface area contributed by atoms with Crippen molar-refractivity contribution < 1.29 is 13.9 Å². The average Bonchev–Trinajstić information content (AvgIpc) is 2.23. The van der Waals surface area contributed by atoms with Gasteiger partial charge in [0.25, 0.3) is 0 Å². The second-order valence-corrected chi connectivity index (χ2v) is 4.18. The van der Waals surface area contributed by atoms with E-state index in [4.69, 9.17) is 27.9 Å². The topological polar surface area (TPSA) is 38.3 Å². The van der Waals surface area contributed by atoms with Crippen LogP contribution < -0.4 is 5.32 Å². The highest BCUT2D eigenvalue weighted by Crippen LogP contribution is 2.31. The molecular weight excluding hydrogens is 268 g/mol. The van der Waals surface area contributed by atoms with Gasteiger partial charge in [-0.15, -0.1) is 0 Å². The van der Waals surface area contributed by atoms with Crippen molar-refractivity contribution in [1.82, 2.24) is 0 Å². The largest absolute Gasteiger partial charge is 0.464 e. The Hall–Kier alpha value is -1.00. The molecule has 0 fully saturated rings. The van der Waals surface area contributed by atoms with E-state index in [1.165, 1.54) is 0 Å². The molecule has 0 aliphatic heterocycles. The van der Waals surface area contributed by atoms with Crippen LogP contribution in [0.2, 0.25) is 10.0 Å². The molecule has 0 aromatic heterocycles. The van der Waals surface area contributed by atoms with E-state index >= 15 is 0 Å². The van der Waals surface area contributed by atoms with E-state index < -0.39 is 17.8 Å². The van der Waals surface area contributed by atoms with Crippen LogP contribution in [-0.4, -0.2) is 18.6 Å². The highest BCUT2D eigenvalue weighted by atomic mass is 35.5. The molecule has 1 atom stereocenters. The molecule has 0 aliphatic carbocycles. The van der Waals surface area contributed by atoms with Crippen LogP contribution in [0.4, 0.5) is 10.1 Å². The number of nitrogens with one attached hydrogen (secondary N) is 1. The van der Waals surface area contributed by atoms with Gasteiger partial charge >= 0.3 is 5.97 Å². The fourth-order valence-electron chi connectivity index (χ4n) is 1.22. The number of hydrogen-bond acceptors (Lipinski definition) is 3. The van der Waals surface area contributed by atoms with Crippen molar-refractivity contribution in [3.8, 4) is 0 Å². The number of benzene rings is 1. The smallest absolute Gasteiger partial charge is 0.328 e. The lowest BCUT2D eigenvalue weighted by Crippen LogP contribution is -2.28. The quantitative estimate of drug-likeness (QED) is 0.858. The van der Waals surface area contributed by atoms with Crippen LogP contribution in [0.15, 0.2) is 12.1 Å². The summed E-state index contributed by atoms with van der Waals surface area (Å²) in [6.45, 7) is 3.60. The Kier molecular flexibility index (Phi) is 5.02. The van der Waals surface area contributed by atoms with Crippen LogP contribution in [0.1, 0.15) is 13.8 Å². The summed E-state index contributed by atoms with van der Waals surface area (Å²) in [5.41, 5.74) is 0.315. The van der Waals surface area contributed by atoms with Crippen LogP contribution >= 0.6 is 23.2 Å². The predicted molar refractivity (Wildman–Crippen MR) is 66.1 cm³/mol. The molecule has 6 heteroatoms. The van der Waals surface area contributed by atoms with Crippen molar-refractivity contribution in [2.45, 2.75) is 19.9 Å². The number of rotatable bonds is 4. The van der Waals surface area contributed by atoms with Gasteiger partial charge in [-0.3, -0.25) is 0 Å². The molecule has 1 unspecified atom stereocenters. The minimum absolute atomic E-state index is 0.117. The predicted octanol–water partition coefficient (Wildman–Crippen LogP) is 3.50. The first-order valence-corrected chi connectivity index (χ1v) is 5.79. The summed E-state index contributed by atoms with van der Waals surface area (Å²) in [5, 5.41) is 3.02. The maximum atomic E-state index is 12.9. The highest BCUT2D eigenvalue weighted by Gasteiger charge is 2.17. The van der Waals surface area contributed by atoms with E-state index in [1.807, 2.05) is 0 Å². The lowest BCUT2D eigenvalue weighted by atomic mass is 10.2. The van der Waals surface area contributed by atoms with Crippen LogP contribution in [0.25, 0.3) is 0 Å². The number of esters is 1. The first-order chi connectivity index (χ1) is 7.95. The maximum Gasteiger partial charge on any atom is 0.328 e. The van der Waals surface area contributed by atoms with E-state index in [2.05, 4.69) is 5.32 Å². The van der Waals surface area contributed by atoms with Crippen molar-refractivity contribution >= 4 is 34.9 Å². The number of hydrogen-bond donors (Lipinski definition) is 1. The fraction of sp³-hybridized carbons (Fsp3) is 0.364. The molecule has 1 rings (SSSR count). The molecular formula is C11H12Cl2FNO2. The van der Waals surface area contributed by atoms with Gasteiger partial charge in [0, 0.05) is 0 Å². The van der Waals surface area contributed by atoms with Gasteiger partial charge in [0.15, 0.2) is 0 Å². The number of ether oxygens (including phenoxy) is 1. The van der Waals surface area contributed by atoms with Gasteiger partial charge in [0.05, 0.1) is 22.3 Å². The summed E-state index contributed by atoms with van der Waals surface area (Å²) in [4.78, 5) is 11.4. The number of halogens is 3. The minimum atomic E-state index is -0.615. The Morgan fingerprint density at radius 2 is 2.00 bits per heavy atom. The Morgan fingerprint density at radius 3 is 2.47 bits per heavy atom. The summed E-state index contributed by atoms with van der Waals surface area (Å²) in [6, 6.07) is 1.62. The molecule has 0 bridgehead atoms. The fourth-order valence-corrected chi connectivity index (χ4v) is 1.79. The molecule has 0 aliphatic rings. The van der Waals surface area contributed by atoms with Gasteiger partial charge in [0.2, 0.25) is 0 Å². The molecule has 1 aromatic carbocycles. The molecule has 94 valence electrons. The molecule has 3 nitrogen and oxygen atoms in total. The zero-order valence-electron chi connectivity index (χ0n) is 9.39. The first-order valence-electron chi connectivity index (χ1n) is 5.03. The van der Waals surface area contributed by atoms with Crippen LogP contribution in [0.5, 0.6) is 0 Å².